The molecule has 2 heterocycles. The minimum Gasteiger partial charge on any atom is -0.311 e. The molecule has 0 unspecified atom stereocenters. The van der Waals surface area contributed by atoms with Crippen LogP contribution in [0.5, 0.6) is 0 Å². The Morgan fingerprint density at radius 3 is 2.58 bits per heavy atom. The van der Waals surface area contributed by atoms with Gasteiger partial charge < -0.3 is 5.32 Å². The van der Waals surface area contributed by atoms with Crippen LogP contribution in [0, 0.1) is 0 Å². The molecule has 0 saturated carbocycles. The summed E-state index contributed by atoms with van der Waals surface area (Å²) in [5.74, 6) is 0.954. The number of aromatic nitrogens is 2. The zero-order chi connectivity index (χ0) is 17.5. The number of amides is 1. The maximum atomic E-state index is 12.2. The Labute approximate surface area is 143 Å². The van der Waals surface area contributed by atoms with Crippen molar-refractivity contribution < 1.29 is 4.79 Å². The fourth-order valence-corrected chi connectivity index (χ4v) is 3.34. The summed E-state index contributed by atoms with van der Waals surface area (Å²) in [6.07, 6.45) is 2.64. The minimum absolute atomic E-state index is 0.0526. The van der Waals surface area contributed by atoms with Gasteiger partial charge in [-0.3, -0.25) is 9.48 Å². The third kappa shape index (κ3) is 3.01. The topological polar surface area (TPSA) is 46.9 Å². The van der Waals surface area contributed by atoms with Gasteiger partial charge in [-0.2, -0.15) is 5.10 Å². The molecule has 0 aliphatic carbocycles. The van der Waals surface area contributed by atoms with Crippen LogP contribution in [-0.2, 0) is 17.3 Å². The van der Waals surface area contributed by atoms with Crippen molar-refractivity contribution in [3.63, 3.8) is 0 Å². The zero-order valence-corrected chi connectivity index (χ0v) is 15.1. The van der Waals surface area contributed by atoms with Gasteiger partial charge in [0.05, 0.1) is 5.69 Å². The first kappa shape index (κ1) is 16.5. The van der Waals surface area contributed by atoms with Gasteiger partial charge in [-0.1, -0.05) is 62.8 Å². The second kappa shape index (κ2) is 5.93. The average molecular weight is 323 g/mol. The summed E-state index contributed by atoms with van der Waals surface area (Å²) in [5.41, 5.74) is 4.50. The number of hydrogen-bond donors (Lipinski definition) is 1. The smallest absolute Gasteiger partial charge is 0.226 e. The Morgan fingerprint density at radius 1 is 1.29 bits per heavy atom. The third-order valence-corrected chi connectivity index (χ3v) is 4.53. The van der Waals surface area contributed by atoms with E-state index in [0.29, 0.717) is 6.42 Å². The monoisotopic (exact) mass is 323 g/mol. The van der Waals surface area contributed by atoms with Gasteiger partial charge in [-0.05, 0) is 12.5 Å². The highest BCUT2D eigenvalue weighted by Crippen LogP contribution is 2.43. The van der Waals surface area contributed by atoms with Gasteiger partial charge in [0.15, 0.2) is 0 Å². The first-order valence-electron chi connectivity index (χ1n) is 8.38. The van der Waals surface area contributed by atoms with Crippen LogP contribution in [0.25, 0.3) is 6.08 Å². The Bertz CT molecular complexity index is 794. The highest BCUT2D eigenvalue weighted by Gasteiger charge is 2.36. The van der Waals surface area contributed by atoms with Crippen molar-refractivity contribution >= 4 is 17.8 Å². The van der Waals surface area contributed by atoms with E-state index in [1.807, 2.05) is 25.2 Å². The van der Waals surface area contributed by atoms with Gasteiger partial charge in [0.1, 0.15) is 5.82 Å². The van der Waals surface area contributed by atoms with E-state index in [9.17, 15) is 4.79 Å². The summed E-state index contributed by atoms with van der Waals surface area (Å²) in [6.45, 7) is 8.61. The predicted octanol–water partition coefficient (Wildman–Crippen LogP) is 4.25. The van der Waals surface area contributed by atoms with E-state index in [4.69, 9.17) is 5.10 Å². The largest absolute Gasteiger partial charge is 0.311 e. The lowest BCUT2D eigenvalue weighted by Crippen LogP contribution is -2.26. The molecule has 3 rings (SSSR count). The number of nitrogens with one attached hydrogen (secondary N) is 1. The van der Waals surface area contributed by atoms with Crippen molar-refractivity contribution in [3.05, 3.63) is 52.7 Å². The molecule has 1 amide bonds. The quantitative estimate of drug-likeness (QED) is 0.898. The molecule has 0 radical (unpaired) electrons. The fourth-order valence-electron chi connectivity index (χ4n) is 3.34. The van der Waals surface area contributed by atoms with Crippen LogP contribution in [0.15, 0.2) is 35.9 Å². The number of hydrogen-bond acceptors (Lipinski definition) is 2. The summed E-state index contributed by atoms with van der Waals surface area (Å²) in [7, 11) is 1.90. The molecule has 1 aliphatic heterocycles. The first-order valence-corrected chi connectivity index (χ1v) is 8.38. The lowest BCUT2D eigenvalue weighted by Gasteiger charge is -2.27. The zero-order valence-electron chi connectivity index (χ0n) is 15.1. The number of aryl methyl sites for hydroxylation is 1. The number of fused-ring (bicyclic) bond motifs is 1. The van der Waals surface area contributed by atoms with Crippen LogP contribution in [0.2, 0.25) is 0 Å². The van der Waals surface area contributed by atoms with E-state index in [-0.39, 0.29) is 17.2 Å². The summed E-state index contributed by atoms with van der Waals surface area (Å²) in [4.78, 5) is 12.2. The van der Waals surface area contributed by atoms with Crippen LogP contribution >= 0.6 is 0 Å². The van der Waals surface area contributed by atoms with Crippen LogP contribution in [-0.4, -0.2) is 15.7 Å². The second-order valence-electron chi connectivity index (χ2n) is 7.59. The molecule has 1 aromatic carbocycles. The molecule has 0 bridgehead atoms. The number of anilines is 1. The number of carbonyl (C=O) groups excluding carboxylic acids is 1. The Balaban J connectivity index is 2.11. The molecular formula is C20H25N3O. The molecule has 1 aromatic heterocycles. The Hall–Kier alpha value is -2.36. The molecule has 0 saturated heterocycles. The molecule has 0 fully saturated rings. The fraction of sp³-hybridized carbons (Fsp3) is 0.400. The number of benzene rings is 1. The molecule has 0 spiro atoms. The highest BCUT2D eigenvalue weighted by molar-refractivity contribution is 5.95. The van der Waals surface area contributed by atoms with E-state index in [1.54, 1.807) is 4.68 Å². The van der Waals surface area contributed by atoms with Crippen molar-refractivity contribution in [3.8, 4) is 0 Å². The Kier molecular flexibility index (Phi) is 4.08. The standard InChI is InChI=1S/C20H25N3O/c1-13(11-14-9-7-6-8-10-14)15-12-16(24)21-19-17(15)18(20(2,3)4)22-23(19)5/h6-11,15H,12H2,1-5H3,(H,21,24)/b13-11+/t15-/m0/s1. The van der Waals surface area contributed by atoms with Crippen molar-refractivity contribution in [1.29, 1.82) is 0 Å². The maximum absolute atomic E-state index is 12.2. The summed E-state index contributed by atoms with van der Waals surface area (Å²) in [6, 6.07) is 10.2. The van der Waals surface area contributed by atoms with Crippen LogP contribution in [0.1, 0.15) is 56.9 Å². The highest BCUT2D eigenvalue weighted by atomic mass is 16.1. The first-order chi connectivity index (χ1) is 11.3. The van der Waals surface area contributed by atoms with Crippen molar-refractivity contribution in [2.24, 2.45) is 7.05 Å². The molecule has 2 aromatic rings. The van der Waals surface area contributed by atoms with Crippen LogP contribution in [0.4, 0.5) is 5.82 Å². The minimum atomic E-state index is -0.0707. The molecular weight excluding hydrogens is 298 g/mol. The third-order valence-electron chi connectivity index (χ3n) is 4.53. The molecule has 1 aliphatic rings. The molecule has 126 valence electrons. The van der Waals surface area contributed by atoms with E-state index >= 15 is 0 Å². The number of carbonyl (C=O) groups is 1. The SMILES string of the molecule is C/C(=C\c1ccccc1)[C@@H]1CC(=O)Nc2c1c(C(C)(C)C)nn2C. The number of allylic oxidation sites excluding steroid dienone is 1. The van der Waals surface area contributed by atoms with E-state index in [0.717, 1.165) is 22.6 Å². The van der Waals surface area contributed by atoms with Gasteiger partial charge in [0, 0.05) is 30.4 Å². The predicted molar refractivity (Wildman–Crippen MR) is 98.0 cm³/mol. The van der Waals surface area contributed by atoms with E-state index < -0.39 is 0 Å². The lowest BCUT2D eigenvalue weighted by molar-refractivity contribution is -0.116. The van der Waals surface area contributed by atoms with Gasteiger partial charge in [0.25, 0.3) is 0 Å². The van der Waals surface area contributed by atoms with Crippen LogP contribution in [0.3, 0.4) is 0 Å². The van der Waals surface area contributed by atoms with E-state index in [2.05, 4.69) is 51.2 Å². The molecule has 1 N–H and O–H groups in total. The summed E-state index contributed by atoms with van der Waals surface area (Å²) < 4.78 is 1.80. The Morgan fingerprint density at radius 2 is 1.96 bits per heavy atom. The number of nitrogens with zero attached hydrogens (tertiary/aromatic N) is 2. The maximum Gasteiger partial charge on any atom is 0.226 e. The molecule has 1 atom stereocenters. The lowest BCUT2D eigenvalue weighted by atomic mass is 9.79. The second-order valence-corrected chi connectivity index (χ2v) is 7.59. The van der Waals surface area contributed by atoms with Crippen molar-refractivity contribution in [1.82, 2.24) is 9.78 Å². The number of rotatable bonds is 2. The summed E-state index contributed by atoms with van der Waals surface area (Å²) >= 11 is 0. The summed E-state index contributed by atoms with van der Waals surface area (Å²) in [5, 5.41) is 7.72. The molecule has 24 heavy (non-hydrogen) atoms. The van der Waals surface area contributed by atoms with Crippen molar-refractivity contribution in [2.75, 3.05) is 5.32 Å². The van der Waals surface area contributed by atoms with Gasteiger partial charge >= 0.3 is 0 Å². The van der Waals surface area contributed by atoms with Gasteiger partial charge in [-0.25, -0.2) is 0 Å². The van der Waals surface area contributed by atoms with E-state index in [1.165, 1.54) is 5.57 Å². The van der Waals surface area contributed by atoms with Crippen molar-refractivity contribution in [2.45, 2.75) is 45.4 Å². The average Bonchev–Trinajstić information content (AvgIpc) is 2.85. The van der Waals surface area contributed by atoms with Crippen LogP contribution < -0.4 is 5.32 Å². The normalized spacial score (nSPS) is 18.3. The molecule has 4 nitrogen and oxygen atoms in total. The van der Waals surface area contributed by atoms with Gasteiger partial charge in [-0.15, -0.1) is 0 Å². The molecule has 4 heteroatoms. The van der Waals surface area contributed by atoms with Gasteiger partial charge in [0.2, 0.25) is 5.91 Å².